The molecular weight excluding hydrogens is 260 g/mol. The Balaban J connectivity index is 2.43. The van der Waals surface area contributed by atoms with E-state index >= 15 is 0 Å². The summed E-state index contributed by atoms with van der Waals surface area (Å²) in [5.74, 6) is -0.142. The number of benzene rings is 1. The fourth-order valence-corrected chi connectivity index (χ4v) is 1.72. The highest BCUT2D eigenvalue weighted by molar-refractivity contribution is 6.08. The molecule has 0 aliphatic carbocycles. The van der Waals surface area contributed by atoms with E-state index in [0.717, 1.165) is 0 Å². The summed E-state index contributed by atoms with van der Waals surface area (Å²) in [5.41, 5.74) is 5.53. The maximum Gasteiger partial charge on any atom is 0.282 e. The van der Waals surface area contributed by atoms with Crippen LogP contribution in [0.5, 0.6) is 0 Å². The first-order chi connectivity index (χ1) is 9.50. The summed E-state index contributed by atoms with van der Waals surface area (Å²) in [4.78, 5) is 28.0. The van der Waals surface area contributed by atoms with Crippen LogP contribution in [0.1, 0.15) is 10.4 Å². The number of anilines is 2. The summed E-state index contributed by atoms with van der Waals surface area (Å²) in [6, 6.07) is 8.96. The molecule has 2 rings (SSSR count). The van der Waals surface area contributed by atoms with E-state index < -0.39 is 10.8 Å². The Morgan fingerprint density at radius 2 is 2.10 bits per heavy atom. The number of nitrogens with two attached hydrogens (primary N) is 1. The molecular formula is C13H12N4O3. The van der Waals surface area contributed by atoms with E-state index in [0.29, 0.717) is 5.82 Å². The number of nitrogens with zero attached hydrogens (tertiary/aromatic N) is 3. The molecule has 0 radical (unpaired) electrons. The molecule has 0 fully saturated rings. The summed E-state index contributed by atoms with van der Waals surface area (Å²) in [6.07, 6.45) is 1.53. The molecule has 0 aliphatic rings. The number of hydrogen-bond acceptors (Lipinski definition) is 5. The van der Waals surface area contributed by atoms with E-state index in [2.05, 4.69) is 4.98 Å². The minimum absolute atomic E-state index is 0.0665. The largest absolute Gasteiger partial charge is 0.399 e. The summed E-state index contributed by atoms with van der Waals surface area (Å²) in [5, 5.41) is 11.0. The van der Waals surface area contributed by atoms with Gasteiger partial charge in [0.2, 0.25) is 0 Å². The monoisotopic (exact) mass is 272 g/mol. The zero-order chi connectivity index (χ0) is 14.7. The highest BCUT2D eigenvalue weighted by Crippen LogP contribution is 2.23. The van der Waals surface area contributed by atoms with Crippen molar-refractivity contribution in [3.05, 3.63) is 58.3 Å². The van der Waals surface area contributed by atoms with Gasteiger partial charge >= 0.3 is 0 Å². The predicted octanol–water partition coefficient (Wildman–Crippen LogP) is 1.85. The zero-order valence-corrected chi connectivity index (χ0v) is 10.7. The second-order valence-electron chi connectivity index (χ2n) is 4.09. The highest BCUT2D eigenvalue weighted by Gasteiger charge is 2.24. The number of hydrogen-bond donors (Lipinski definition) is 1. The van der Waals surface area contributed by atoms with Gasteiger partial charge in [0, 0.05) is 25.0 Å². The molecule has 0 atom stereocenters. The summed E-state index contributed by atoms with van der Waals surface area (Å²) in [7, 11) is 1.50. The molecule has 2 aromatic rings. The summed E-state index contributed by atoms with van der Waals surface area (Å²) < 4.78 is 0. The number of pyridine rings is 1. The van der Waals surface area contributed by atoms with E-state index in [4.69, 9.17) is 5.73 Å². The Kier molecular flexibility index (Phi) is 3.60. The molecule has 0 spiro atoms. The average molecular weight is 272 g/mol. The van der Waals surface area contributed by atoms with Gasteiger partial charge in [0.25, 0.3) is 11.6 Å². The SMILES string of the molecule is CN(C(=O)c1cc(N)ccc1[N+](=O)[O-])c1ccccn1. The molecule has 0 saturated carbocycles. The molecule has 0 saturated heterocycles. The van der Waals surface area contributed by atoms with Crippen LogP contribution in [0.25, 0.3) is 0 Å². The smallest absolute Gasteiger partial charge is 0.282 e. The van der Waals surface area contributed by atoms with Crippen molar-refractivity contribution < 1.29 is 9.72 Å². The van der Waals surface area contributed by atoms with Crippen LogP contribution in [-0.2, 0) is 0 Å². The number of nitro benzene ring substituents is 1. The topological polar surface area (TPSA) is 102 Å². The van der Waals surface area contributed by atoms with E-state index in [9.17, 15) is 14.9 Å². The Labute approximate surface area is 114 Å². The Bertz CT molecular complexity index is 658. The number of carbonyl (C=O) groups is 1. The second kappa shape index (κ2) is 5.35. The van der Waals surface area contributed by atoms with Crippen LogP contribution < -0.4 is 10.6 Å². The molecule has 1 heterocycles. The third kappa shape index (κ3) is 2.56. The fraction of sp³-hybridized carbons (Fsp3) is 0.0769. The lowest BCUT2D eigenvalue weighted by atomic mass is 10.1. The number of nitro groups is 1. The van der Waals surface area contributed by atoms with Crippen molar-refractivity contribution in [1.82, 2.24) is 4.98 Å². The molecule has 0 unspecified atom stereocenters. The molecule has 20 heavy (non-hydrogen) atoms. The standard InChI is InChI=1S/C13H12N4O3/c1-16(12-4-2-3-7-15-12)13(18)10-8-9(14)5-6-11(10)17(19)20/h2-8H,14H2,1H3. The van der Waals surface area contributed by atoms with Gasteiger partial charge in [-0.2, -0.15) is 0 Å². The highest BCUT2D eigenvalue weighted by atomic mass is 16.6. The van der Waals surface area contributed by atoms with E-state index in [-0.39, 0.29) is 16.9 Å². The van der Waals surface area contributed by atoms with Gasteiger partial charge in [-0.3, -0.25) is 19.8 Å². The number of nitrogen functional groups attached to an aromatic ring is 1. The minimum Gasteiger partial charge on any atom is -0.399 e. The first-order valence-corrected chi connectivity index (χ1v) is 5.73. The van der Waals surface area contributed by atoms with Gasteiger partial charge in [0.05, 0.1) is 4.92 Å². The third-order valence-corrected chi connectivity index (χ3v) is 2.75. The molecule has 2 N–H and O–H groups in total. The zero-order valence-electron chi connectivity index (χ0n) is 10.7. The first-order valence-electron chi connectivity index (χ1n) is 5.73. The van der Waals surface area contributed by atoms with Crippen molar-refractivity contribution in [3.8, 4) is 0 Å². The lowest BCUT2D eigenvalue weighted by molar-refractivity contribution is -0.385. The van der Waals surface area contributed by atoms with Gasteiger partial charge in [0.1, 0.15) is 11.4 Å². The van der Waals surface area contributed by atoms with Crippen LogP contribution in [0.4, 0.5) is 17.2 Å². The van der Waals surface area contributed by atoms with E-state index in [1.807, 2.05) is 0 Å². The molecule has 102 valence electrons. The van der Waals surface area contributed by atoms with Crippen LogP contribution in [0, 0.1) is 10.1 Å². The Morgan fingerprint density at radius 1 is 1.35 bits per heavy atom. The normalized spacial score (nSPS) is 10.1. The van der Waals surface area contributed by atoms with Crippen molar-refractivity contribution in [1.29, 1.82) is 0 Å². The van der Waals surface area contributed by atoms with Gasteiger partial charge in [-0.05, 0) is 24.3 Å². The molecule has 7 heteroatoms. The Hall–Kier alpha value is -2.96. The molecule has 7 nitrogen and oxygen atoms in total. The van der Waals surface area contributed by atoms with Crippen molar-refractivity contribution in [3.63, 3.8) is 0 Å². The van der Waals surface area contributed by atoms with Crippen molar-refractivity contribution in [2.24, 2.45) is 0 Å². The van der Waals surface area contributed by atoms with E-state index in [1.165, 1.54) is 36.3 Å². The van der Waals surface area contributed by atoms with Gasteiger partial charge in [0.15, 0.2) is 0 Å². The summed E-state index contributed by atoms with van der Waals surface area (Å²) in [6.45, 7) is 0. The van der Waals surface area contributed by atoms with Crippen LogP contribution in [-0.4, -0.2) is 22.9 Å². The van der Waals surface area contributed by atoms with Gasteiger partial charge in [-0.1, -0.05) is 6.07 Å². The average Bonchev–Trinajstić information content (AvgIpc) is 2.46. The molecule has 0 bridgehead atoms. The molecule has 0 aliphatic heterocycles. The van der Waals surface area contributed by atoms with Crippen LogP contribution >= 0.6 is 0 Å². The number of aromatic nitrogens is 1. The third-order valence-electron chi connectivity index (χ3n) is 2.75. The predicted molar refractivity (Wildman–Crippen MR) is 74.5 cm³/mol. The van der Waals surface area contributed by atoms with Gasteiger partial charge in [-0.15, -0.1) is 0 Å². The van der Waals surface area contributed by atoms with E-state index in [1.54, 1.807) is 18.2 Å². The quantitative estimate of drug-likeness (QED) is 0.521. The van der Waals surface area contributed by atoms with Gasteiger partial charge in [-0.25, -0.2) is 4.98 Å². The van der Waals surface area contributed by atoms with Crippen molar-refractivity contribution >= 4 is 23.1 Å². The number of rotatable bonds is 3. The molecule has 1 amide bonds. The van der Waals surface area contributed by atoms with Gasteiger partial charge < -0.3 is 5.73 Å². The molecule has 1 aromatic heterocycles. The number of carbonyl (C=O) groups excluding carboxylic acids is 1. The maximum absolute atomic E-state index is 12.3. The second-order valence-corrected chi connectivity index (χ2v) is 4.09. The lowest BCUT2D eigenvalue weighted by Crippen LogP contribution is -2.27. The lowest BCUT2D eigenvalue weighted by Gasteiger charge is -2.16. The van der Waals surface area contributed by atoms with Crippen LogP contribution in [0.2, 0.25) is 0 Å². The van der Waals surface area contributed by atoms with Crippen molar-refractivity contribution in [2.45, 2.75) is 0 Å². The first kappa shape index (κ1) is 13.5. The van der Waals surface area contributed by atoms with Crippen molar-refractivity contribution in [2.75, 3.05) is 17.7 Å². The van der Waals surface area contributed by atoms with Crippen LogP contribution in [0.3, 0.4) is 0 Å². The maximum atomic E-state index is 12.3. The van der Waals surface area contributed by atoms with Crippen LogP contribution in [0.15, 0.2) is 42.6 Å². The number of amides is 1. The minimum atomic E-state index is -0.612. The fourth-order valence-electron chi connectivity index (χ4n) is 1.72. The molecule has 1 aromatic carbocycles. The summed E-state index contributed by atoms with van der Waals surface area (Å²) >= 11 is 0. The Morgan fingerprint density at radius 3 is 2.70 bits per heavy atom.